The SMILES string of the molecule is CN(C)S(=O)(=O)c1ccc(N)c(NC2(C(F)(F)F)CC2)c1. The minimum absolute atomic E-state index is 0.0206. The van der Waals surface area contributed by atoms with Gasteiger partial charge in [-0.3, -0.25) is 0 Å². The second-order valence-corrected chi connectivity index (χ2v) is 7.39. The van der Waals surface area contributed by atoms with Crippen LogP contribution in [0.1, 0.15) is 12.8 Å². The standard InChI is InChI=1S/C12H16F3N3O2S/c1-18(2)21(19,20)8-3-4-9(16)10(7-8)17-11(5-6-11)12(13,14)15/h3-4,7,17H,5-6,16H2,1-2H3. The molecule has 0 bridgehead atoms. The number of nitrogen functional groups attached to an aromatic ring is 1. The van der Waals surface area contributed by atoms with Gasteiger partial charge in [-0.15, -0.1) is 0 Å². The highest BCUT2D eigenvalue weighted by molar-refractivity contribution is 7.89. The lowest BCUT2D eigenvalue weighted by Gasteiger charge is -2.23. The molecule has 1 fully saturated rings. The molecule has 0 atom stereocenters. The maximum absolute atomic E-state index is 12.9. The highest BCUT2D eigenvalue weighted by atomic mass is 32.2. The number of benzene rings is 1. The molecule has 1 aromatic rings. The first-order valence-electron chi connectivity index (χ1n) is 6.17. The van der Waals surface area contributed by atoms with Gasteiger partial charge in [0.2, 0.25) is 10.0 Å². The summed E-state index contributed by atoms with van der Waals surface area (Å²) in [7, 11) is -1.04. The molecule has 0 heterocycles. The van der Waals surface area contributed by atoms with Crippen LogP contribution in [0.3, 0.4) is 0 Å². The first-order valence-corrected chi connectivity index (χ1v) is 7.61. The Hall–Kier alpha value is -1.48. The molecule has 21 heavy (non-hydrogen) atoms. The molecular weight excluding hydrogens is 307 g/mol. The summed E-state index contributed by atoms with van der Waals surface area (Å²) in [6.07, 6.45) is -4.52. The lowest BCUT2D eigenvalue weighted by molar-refractivity contribution is -0.151. The Morgan fingerprint density at radius 1 is 1.29 bits per heavy atom. The molecule has 1 aliphatic rings. The Bertz CT molecular complexity index is 652. The molecule has 2 rings (SSSR count). The molecule has 1 aliphatic carbocycles. The molecule has 0 radical (unpaired) electrons. The Labute approximate surface area is 121 Å². The van der Waals surface area contributed by atoms with Crippen LogP contribution in [0.2, 0.25) is 0 Å². The molecule has 5 nitrogen and oxygen atoms in total. The van der Waals surface area contributed by atoms with Gasteiger partial charge in [-0.1, -0.05) is 0 Å². The van der Waals surface area contributed by atoms with Gasteiger partial charge in [-0.25, -0.2) is 12.7 Å². The summed E-state index contributed by atoms with van der Waals surface area (Å²) in [4.78, 5) is -0.109. The molecule has 9 heteroatoms. The lowest BCUT2D eigenvalue weighted by Crippen LogP contribution is -2.38. The van der Waals surface area contributed by atoms with Crippen molar-refractivity contribution in [3.05, 3.63) is 18.2 Å². The molecule has 0 aromatic heterocycles. The number of rotatable bonds is 4. The van der Waals surface area contributed by atoms with E-state index in [1.807, 2.05) is 0 Å². The fourth-order valence-corrected chi connectivity index (χ4v) is 2.81. The Kier molecular flexibility index (Phi) is 3.61. The number of hydrogen-bond acceptors (Lipinski definition) is 4. The van der Waals surface area contributed by atoms with Gasteiger partial charge in [0, 0.05) is 14.1 Å². The minimum Gasteiger partial charge on any atom is -0.397 e. The molecule has 0 amide bonds. The van der Waals surface area contributed by atoms with Crippen molar-refractivity contribution in [1.82, 2.24) is 4.31 Å². The maximum atomic E-state index is 12.9. The lowest BCUT2D eigenvalue weighted by atomic mass is 10.2. The average molecular weight is 323 g/mol. The van der Waals surface area contributed by atoms with Crippen molar-refractivity contribution in [2.75, 3.05) is 25.1 Å². The molecule has 118 valence electrons. The van der Waals surface area contributed by atoms with Gasteiger partial charge in [0.1, 0.15) is 5.54 Å². The van der Waals surface area contributed by atoms with Crippen molar-refractivity contribution in [1.29, 1.82) is 0 Å². The Balaban J connectivity index is 2.38. The largest absolute Gasteiger partial charge is 0.411 e. The van der Waals surface area contributed by atoms with Gasteiger partial charge < -0.3 is 11.1 Å². The van der Waals surface area contributed by atoms with Crippen molar-refractivity contribution >= 4 is 21.4 Å². The molecular formula is C12H16F3N3O2S. The van der Waals surface area contributed by atoms with E-state index in [-0.39, 0.29) is 29.1 Å². The Morgan fingerprint density at radius 3 is 2.29 bits per heavy atom. The second-order valence-electron chi connectivity index (χ2n) is 5.24. The van der Waals surface area contributed by atoms with Crippen LogP contribution < -0.4 is 11.1 Å². The van der Waals surface area contributed by atoms with E-state index in [0.717, 1.165) is 10.4 Å². The normalized spacial score (nSPS) is 17.8. The van der Waals surface area contributed by atoms with E-state index < -0.39 is 21.7 Å². The van der Waals surface area contributed by atoms with E-state index >= 15 is 0 Å². The third-order valence-electron chi connectivity index (χ3n) is 3.47. The average Bonchev–Trinajstić information content (AvgIpc) is 3.12. The van der Waals surface area contributed by atoms with Crippen LogP contribution in [0.25, 0.3) is 0 Å². The van der Waals surface area contributed by atoms with Gasteiger partial charge in [0.05, 0.1) is 16.3 Å². The quantitative estimate of drug-likeness (QED) is 0.831. The van der Waals surface area contributed by atoms with E-state index in [1.54, 1.807) is 0 Å². The summed E-state index contributed by atoms with van der Waals surface area (Å²) in [5.74, 6) is 0. The Morgan fingerprint density at radius 2 is 1.86 bits per heavy atom. The van der Waals surface area contributed by atoms with Crippen LogP contribution in [0, 0.1) is 0 Å². The summed E-state index contributed by atoms with van der Waals surface area (Å²) < 4.78 is 63.8. The summed E-state index contributed by atoms with van der Waals surface area (Å²) in [5.41, 5.74) is 3.70. The van der Waals surface area contributed by atoms with Crippen LogP contribution in [0.15, 0.2) is 23.1 Å². The van der Waals surface area contributed by atoms with Crippen molar-refractivity contribution in [2.45, 2.75) is 29.5 Å². The number of nitrogens with zero attached hydrogens (tertiary/aromatic N) is 1. The molecule has 0 unspecified atom stereocenters. The highest BCUT2D eigenvalue weighted by Gasteiger charge is 2.63. The summed E-state index contributed by atoms with van der Waals surface area (Å²) in [6.45, 7) is 0. The highest BCUT2D eigenvalue weighted by Crippen LogP contribution is 2.51. The van der Waals surface area contributed by atoms with Crippen LogP contribution >= 0.6 is 0 Å². The third-order valence-corrected chi connectivity index (χ3v) is 5.28. The fourth-order valence-electron chi connectivity index (χ4n) is 1.88. The van der Waals surface area contributed by atoms with Gasteiger partial charge in [0.25, 0.3) is 0 Å². The van der Waals surface area contributed by atoms with Crippen LogP contribution in [-0.2, 0) is 10.0 Å². The van der Waals surface area contributed by atoms with Crippen LogP contribution in [0.4, 0.5) is 24.5 Å². The molecule has 0 spiro atoms. The van der Waals surface area contributed by atoms with Gasteiger partial charge in [-0.05, 0) is 31.0 Å². The minimum atomic E-state index is -4.41. The van der Waals surface area contributed by atoms with E-state index in [0.29, 0.717) is 0 Å². The smallest absolute Gasteiger partial charge is 0.397 e. The van der Waals surface area contributed by atoms with Gasteiger partial charge in [0.15, 0.2) is 0 Å². The number of sulfonamides is 1. The van der Waals surface area contributed by atoms with E-state index in [4.69, 9.17) is 5.73 Å². The van der Waals surface area contributed by atoms with Crippen molar-refractivity contribution in [3.63, 3.8) is 0 Å². The van der Waals surface area contributed by atoms with Crippen molar-refractivity contribution in [2.24, 2.45) is 0 Å². The zero-order valence-electron chi connectivity index (χ0n) is 11.5. The van der Waals surface area contributed by atoms with Crippen LogP contribution in [-0.4, -0.2) is 38.5 Å². The predicted octanol–water partition coefficient (Wildman–Crippen LogP) is 2.03. The summed E-state index contributed by atoms with van der Waals surface area (Å²) in [5, 5.41) is 2.36. The van der Waals surface area contributed by atoms with E-state index in [9.17, 15) is 21.6 Å². The zero-order chi connectivity index (χ0) is 16.1. The maximum Gasteiger partial charge on any atom is 0.411 e. The molecule has 3 N–H and O–H groups in total. The van der Waals surface area contributed by atoms with Crippen molar-refractivity contribution in [3.8, 4) is 0 Å². The topological polar surface area (TPSA) is 75.4 Å². The predicted molar refractivity (Wildman–Crippen MR) is 73.4 cm³/mol. The van der Waals surface area contributed by atoms with E-state index in [1.165, 1.54) is 26.2 Å². The first kappa shape index (κ1) is 15.9. The van der Waals surface area contributed by atoms with E-state index in [2.05, 4.69) is 5.32 Å². The van der Waals surface area contributed by atoms with Crippen LogP contribution in [0.5, 0.6) is 0 Å². The summed E-state index contributed by atoms with van der Waals surface area (Å²) in [6, 6.07) is 3.69. The van der Waals surface area contributed by atoms with Gasteiger partial charge in [-0.2, -0.15) is 13.2 Å². The molecule has 0 saturated heterocycles. The number of anilines is 2. The number of halogens is 3. The third kappa shape index (κ3) is 2.80. The monoisotopic (exact) mass is 323 g/mol. The number of nitrogens with two attached hydrogens (primary N) is 1. The number of alkyl halides is 3. The molecule has 1 aromatic carbocycles. The fraction of sp³-hybridized carbons (Fsp3) is 0.500. The zero-order valence-corrected chi connectivity index (χ0v) is 12.3. The molecule has 1 saturated carbocycles. The second kappa shape index (κ2) is 4.77. The first-order chi connectivity index (χ1) is 9.49. The summed E-state index contributed by atoms with van der Waals surface area (Å²) >= 11 is 0. The number of hydrogen-bond donors (Lipinski definition) is 2. The van der Waals surface area contributed by atoms with Gasteiger partial charge >= 0.3 is 6.18 Å². The number of nitrogens with one attached hydrogen (secondary N) is 1. The molecule has 0 aliphatic heterocycles. The van der Waals surface area contributed by atoms with Crippen molar-refractivity contribution < 1.29 is 21.6 Å².